The summed E-state index contributed by atoms with van der Waals surface area (Å²) in [4.78, 5) is 10.6. The number of halogens is 1. The van der Waals surface area contributed by atoms with Crippen LogP contribution in [0.3, 0.4) is 0 Å². The lowest BCUT2D eigenvalue weighted by molar-refractivity contribution is -0.136. The Bertz CT molecular complexity index is 534. The zero-order valence-corrected chi connectivity index (χ0v) is 10.2. The highest BCUT2D eigenvalue weighted by Crippen LogP contribution is 2.27. The molecule has 16 heavy (non-hydrogen) atoms. The fraction of sp³-hybridized carbons (Fsp3) is 0.154. The van der Waals surface area contributed by atoms with Gasteiger partial charge in [0.25, 0.3) is 0 Å². The fourth-order valence-electron chi connectivity index (χ4n) is 1.80. The summed E-state index contributed by atoms with van der Waals surface area (Å²) in [7, 11) is 0. The first kappa shape index (κ1) is 11.1. The predicted octanol–water partition coefficient (Wildman–Crippen LogP) is 3.62. The molecule has 2 nitrogen and oxygen atoms in total. The SMILES string of the molecule is O=C(O)CCc1c(Br)ccc2ccccc12. The van der Waals surface area contributed by atoms with Gasteiger partial charge in [-0.3, -0.25) is 4.79 Å². The van der Waals surface area contributed by atoms with E-state index in [1.165, 1.54) is 0 Å². The molecule has 82 valence electrons. The first-order valence-electron chi connectivity index (χ1n) is 5.06. The summed E-state index contributed by atoms with van der Waals surface area (Å²) >= 11 is 3.47. The van der Waals surface area contributed by atoms with Crippen molar-refractivity contribution in [3.05, 3.63) is 46.4 Å². The highest BCUT2D eigenvalue weighted by molar-refractivity contribution is 9.10. The second-order valence-corrected chi connectivity index (χ2v) is 4.50. The van der Waals surface area contributed by atoms with E-state index in [2.05, 4.69) is 15.9 Å². The number of carboxylic acid groups (broad SMARTS) is 1. The Hall–Kier alpha value is -1.35. The summed E-state index contributed by atoms with van der Waals surface area (Å²) in [5.74, 6) is -0.764. The molecule has 0 fully saturated rings. The number of benzene rings is 2. The first-order valence-corrected chi connectivity index (χ1v) is 5.85. The van der Waals surface area contributed by atoms with Gasteiger partial charge >= 0.3 is 5.97 Å². The van der Waals surface area contributed by atoms with Crippen molar-refractivity contribution >= 4 is 32.7 Å². The van der Waals surface area contributed by atoms with Gasteiger partial charge in [-0.2, -0.15) is 0 Å². The molecule has 0 bridgehead atoms. The Labute approximate surface area is 102 Å². The van der Waals surface area contributed by atoms with Crippen molar-refractivity contribution in [1.29, 1.82) is 0 Å². The van der Waals surface area contributed by atoms with E-state index in [1.807, 2.05) is 36.4 Å². The highest BCUT2D eigenvalue weighted by atomic mass is 79.9. The van der Waals surface area contributed by atoms with Gasteiger partial charge < -0.3 is 5.11 Å². The Morgan fingerprint density at radius 2 is 1.94 bits per heavy atom. The summed E-state index contributed by atoms with van der Waals surface area (Å²) < 4.78 is 0.979. The summed E-state index contributed by atoms with van der Waals surface area (Å²) in [6, 6.07) is 12.0. The molecule has 1 N–H and O–H groups in total. The predicted molar refractivity (Wildman–Crippen MR) is 67.6 cm³/mol. The number of hydrogen-bond acceptors (Lipinski definition) is 1. The number of carbonyl (C=O) groups is 1. The molecule has 0 heterocycles. The molecule has 2 rings (SSSR count). The third kappa shape index (κ3) is 2.25. The molecule has 0 unspecified atom stereocenters. The Kier molecular flexibility index (Phi) is 3.25. The number of aryl methyl sites for hydroxylation is 1. The number of hydrogen-bond donors (Lipinski definition) is 1. The lowest BCUT2D eigenvalue weighted by Crippen LogP contribution is -1.98. The number of rotatable bonds is 3. The largest absolute Gasteiger partial charge is 0.481 e. The van der Waals surface area contributed by atoms with Crippen LogP contribution in [0.15, 0.2) is 40.9 Å². The number of aliphatic carboxylic acids is 1. The van der Waals surface area contributed by atoms with Crippen molar-refractivity contribution in [3.63, 3.8) is 0 Å². The lowest BCUT2D eigenvalue weighted by Gasteiger charge is -2.07. The van der Waals surface area contributed by atoms with Crippen LogP contribution >= 0.6 is 15.9 Å². The quantitative estimate of drug-likeness (QED) is 0.931. The smallest absolute Gasteiger partial charge is 0.303 e. The average molecular weight is 279 g/mol. The maximum absolute atomic E-state index is 10.6. The maximum Gasteiger partial charge on any atom is 0.303 e. The van der Waals surface area contributed by atoms with Gasteiger partial charge in [-0.15, -0.1) is 0 Å². The number of carboxylic acids is 1. The van der Waals surface area contributed by atoms with Crippen LogP contribution in [0.2, 0.25) is 0 Å². The third-order valence-electron chi connectivity index (χ3n) is 2.57. The van der Waals surface area contributed by atoms with E-state index in [0.29, 0.717) is 6.42 Å². The van der Waals surface area contributed by atoms with Crippen LogP contribution in [0.5, 0.6) is 0 Å². The van der Waals surface area contributed by atoms with E-state index < -0.39 is 5.97 Å². The van der Waals surface area contributed by atoms with E-state index in [0.717, 1.165) is 20.8 Å². The van der Waals surface area contributed by atoms with Crippen molar-refractivity contribution in [2.75, 3.05) is 0 Å². The molecule has 0 radical (unpaired) electrons. The normalized spacial score (nSPS) is 10.6. The minimum atomic E-state index is -0.764. The van der Waals surface area contributed by atoms with Gasteiger partial charge in [0.1, 0.15) is 0 Å². The molecule has 0 spiro atoms. The van der Waals surface area contributed by atoms with Crippen molar-refractivity contribution in [2.24, 2.45) is 0 Å². The minimum Gasteiger partial charge on any atom is -0.481 e. The van der Waals surface area contributed by atoms with E-state index >= 15 is 0 Å². The highest BCUT2D eigenvalue weighted by Gasteiger charge is 2.07. The third-order valence-corrected chi connectivity index (χ3v) is 3.32. The molecule has 0 saturated carbocycles. The van der Waals surface area contributed by atoms with Gasteiger partial charge in [0.2, 0.25) is 0 Å². The Balaban J connectivity index is 2.48. The summed E-state index contributed by atoms with van der Waals surface area (Å²) in [5, 5.41) is 11.0. The summed E-state index contributed by atoms with van der Waals surface area (Å²) in [5.41, 5.74) is 1.07. The second kappa shape index (κ2) is 4.66. The van der Waals surface area contributed by atoms with Gasteiger partial charge in [-0.25, -0.2) is 0 Å². The van der Waals surface area contributed by atoms with Crippen LogP contribution in [0.25, 0.3) is 10.8 Å². The molecule has 3 heteroatoms. The molecule has 2 aromatic rings. The van der Waals surface area contributed by atoms with Gasteiger partial charge in [-0.1, -0.05) is 46.3 Å². The molecule has 0 aliphatic rings. The standard InChI is InChI=1S/C13H11BrO2/c14-12-7-5-9-3-1-2-4-10(9)11(12)6-8-13(15)16/h1-5,7H,6,8H2,(H,15,16). The summed E-state index contributed by atoms with van der Waals surface area (Å²) in [6.45, 7) is 0. The van der Waals surface area contributed by atoms with Gasteiger partial charge in [-0.05, 0) is 28.8 Å². The molecular formula is C13H11BrO2. The van der Waals surface area contributed by atoms with Crippen LogP contribution in [0, 0.1) is 0 Å². The van der Waals surface area contributed by atoms with Crippen LogP contribution in [-0.4, -0.2) is 11.1 Å². The van der Waals surface area contributed by atoms with Crippen LogP contribution < -0.4 is 0 Å². The first-order chi connectivity index (χ1) is 7.68. The molecule has 0 atom stereocenters. The van der Waals surface area contributed by atoms with Gasteiger partial charge in [0.15, 0.2) is 0 Å². The molecule has 2 aromatic carbocycles. The summed E-state index contributed by atoms with van der Waals surface area (Å²) in [6.07, 6.45) is 0.712. The lowest BCUT2D eigenvalue weighted by atomic mass is 10.0. The van der Waals surface area contributed by atoms with Crippen molar-refractivity contribution < 1.29 is 9.90 Å². The molecule has 0 amide bonds. The molecule has 0 aromatic heterocycles. The zero-order chi connectivity index (χ0) is 11.5. The van der Waals surface area contributed by atoms with Crippen LogP contribution in [0.1, 0.15) is 12.0 Å². The minimum absolute atomic E-state index is 0.159. The topological polar surface area (TPSA) is 37.3 Å². The zero-order valence-electron chi connectivity index (χ0n) is 8.61. The fourth-order valence-corrected chi connectivity index (χ4v) is 2.34. The average Bonchev–Trinajstić information content (AvgIpc) is 2.27. The van der Waals surface area contributed by atoms with Gasteiger partial charge in [0, 0.05) is 10.9 Å². The molecule has 0 saturated heterocycles. The van der Waals surface area contributed by atoms with Crippen molar-refractivity contribution in [2.45, 2.75) is 12.8 Å². The monoisotopic (exact) mass is 278 g/mol. The number of fused-ring (bicyclic) bond motifs is 1. The van der Waals surface area contributed by atoms with Gasteiger partial charge in [0.05, 0.1) is 0 Å². The van der Waals surface area contributed by atoms with Crippen molar-refractivity contribution in [3.8, 4) is 0 Å². The van der Waals surface area contributed by atoms with Crippen LogP contribution in [0.4, 0.5) is 0 Å². The maximum atomic E-state index is 10.6. The Morgan fingerprint density at radius 1 is 1.19 bits per heavy atom. The van der Waals surface area contributed by atoms with Crippen molar-refractivity contribution in [1.82, 2.24) is 0 Å². The second-order valence-electron chi connectivity index (χ2n) is 3.64. The van der Waals surface area contributed by atoms with Crippen LogP contribution in [-0.2, 0) is 11.2 Å². The van der Waals surface area contributed by atoms with E-state index in [1.54, 1.807) is 0 Å². The Morgan fingerprint density at radius 3 is 2.69 bits per heavy atom. The van der Waals surface area contributed by atoms with E-state index in [-0.39, 0.29) is 6.42 Å². The van der Waals surface area contributed by atoms with E-state index in [9.17, 15) is 4.79 Å². The van der Waals surface area contributed by atoms with E-state index in [4.69, 9.17) is 5.11 Å². The molecule has 0 aliphatic carbocycles. The molecule has 0 aliphatic heterocycles. The molecular weight excluding hydrogens is 268 g/mol.